The highest BCUT2D eigenvalue weighted by atomic mass is 35.5. The van der Waals surface area contributed by atoms with Crippen molar-refractivity contribution in [2.75, 3.05) is 5.88 Å². The fourth-order valence-corrected chi connectivity index (χ4v) is 2.67. The number of hydrogen-bond donors (Lipinski definition) is 0. The Bertz CT molecular complexity index is 938. The molecular formula is C16H12ClN3O3. The Morgan fingerprint density at radius 1 is 1.17 bits per heavy atom. The zero-order chi connectivity index (χ0) is 16.4. The number of alkyl halides is 1. The average molecular weight is 330 g/mol. The standard InChI is InChI=1S/C16H12ClN3O3/c17-8-9-19-14-7-6-12(20(22)23)10-13(14)15(18-16(19)21)11-4-2-1-3-5-11/h1-7,10H,8-9H2. The number of rotatable bonds is 4. The van der Waals surface area contributed by atoms with E-state index in [1.54, 1.807) is 6.07 Å². The molecule has 3 aromatic rings. The molecule has 7 heteroatoms. The van der Waals surface area contributed by atoms with Gasteiger partial charge in [-0.1, -0.05) is 30.3 Å². The molecule has 116 valence electrons. The summed E-state index contributed by atoms with van der Waals surface area (Å²) in [6, 6.07) is 13.5. The summed E-state index contributed by atoms with van der Waals surface area (Å²) in [6.45, 7) is 0.288. The van der Waals surface area contributed by atoms with Crippen LogP contribution >= 0.6 is 11.6 Å². The molecule has 0 spiro atoms. The van der Waals surface area contributed by atoms with Gasteiger partial charge in [-0.25, -0.2) is 4.79 Å². The summed E-state index contributed by atoms with van der Waals surface area (Å²) in [6.07, 6.45) is 0. The second-order valence-electron chi connectivity index (χ2n) is 4.91. The monoisotopic (exact) mass is 329 g/mol. The van der Waals surface area contributed by atoms with Crippen LogP contribution in [0.25, 0.3) is 22.2 Å². The van der Waals surface area contributed by atoms with Crippen molar-refractivity contribution in [1.29, 1.82) is 0 Å². The van der Waals surface area contributed by atoms with E-state index in [2.05, 4.69) is 4.98 Å². The van der Waals surface area contributed by atoms with Crippen molar-refractivity contribution in [3.63, 3.8) is 0 Å². The summed E-state index contributed by atoms with van der Waals surface area (Å²) in [5.41, 5.74) is 1.27. The SMILES string of the molecule is O=c1nc(-c2ccccc2)c2cc([N+](=O)[O-])ccc2n1CCCl. The van der Waals surface area contributed by atoms with Crippen LogP contribution in [0.1, 0.15) is 0 Å². The van der Waals surface area contributed by atoms with Crippen LogP contribution in [0.4, 0.5) is 5.69 Å². The van der Waals surface area contributed by atoms with Gasteiger partial charge in [-0.3, -0.25) is 14.7 Å². The van der Waals surface area contributed by atoms with Crippen molar-refractivity contribution in [1.82, 2.24) is 9.55 Å². The molecule has 0 unspecified atom stereocenters. The van der Waals surface area contributed by atoms with Gasteiger partial charge in [0, 0.05) is 35.5 Å². The summed E-state index contributed by atoms with van der Waals surface area (Å²) in [4.78, 5) is 27.0. The van der Waals surface area contributed by atoms with Crippen LogP contribution in [0.5, 0.6) is 0 Å². The molecule has 0 aliphatic rings. The van der Waals surface area contributed by atoms with Gasteiger partial charge in [0.15, 0.2) is 0 Å². The van der Waals surface area contributed by atoms with Crippen molar-refractivity contribution in [3.8, 4) is 11.3 Å². The Kier molecular flexibility index (Phi) is 4.08. The number of nitro groups is 1. The summed E-state index contributed by atoms with van der Waals surface area (Å²) in [5, 5.41) is 11.6. The van der Waals surface area contributed by atoms with Crippen LogP contribution in [0.2, 0.25) is 0 Å². The number of aromatic nitrogens is 2. The summed E-state index contributed by atoms with van der Waals surface area (Å²) in [7, 11) is 0. The van der Waals surface area contributed by atoms with Gasteiger partial charge in [0.05, 0.1) is 16.1 Å². The predicted molar refractivity (Wildman–Crippen MR) is 88.8 cm³/mol. The maximum atomic E-state index is 12.3. The van der Waals surface area contributed by atoms with Gasteiger partial charge in [-0.05, 0) is 6.07 Å². The minimum Gasteiger partial charge on any atom is -0.291 e. The van der Waals surface area contributed by atoms with Crippen LogP contribution in [0.15, 0.2) is 53.3 Å². The summed E-state index contributed by atoms with van der Waals surface area (Å²) >= 11 is 5.75. The van der Waals surface area contributed by atoms with Crippen molar-refractivity contribution in [2.24, 2.45) is 0 Å². The Hall–Kier alpha value is -2.73. The van der Waals surface area contributed by atoms with Crippen LogP contribution in [0, 0.1) is 10.1 Å². The number of non-ortho nitro benzene ring substituents is 1. The van der Waals surface area contributed by atoms with Gasteiger partial charge < -0.3 is 0 Å². The zero-order valence-electron chi connectivity index (χ0n) is 12.0. The van der Waals surface area contributed by atoms with E-state index in [-0.39, 0.29) is 18.1 Å². The van der Waals surface area contributed by atoms with Gasteiger partial charge in [0.1, 0.15) is 0 Å². The van der Waals surface area contributed by atoms with E-state index in [1.807, 2.05) is 30.3 Å². The molecule has 0 radical (unpaired) electrons. The van der Waals surface area contributed by atoms with Gasteiger partial charge in [-0.15, -0.1) is 11.6 Å². The molecule has 0 bridgehead atoms. The lowest BCUT2D eigenvalue weighted by Crippen LogP contribution is -2.24. The third kappa shape index (κ3) is 2.80. The molecule has 0 fully saturated rings. The molecular weight excluding hydrogens is 318 g/mol. The molecule has 3 rings (SSSR count). The second kappa shape index (κ2) is 6.18. The molecule has 0 aliphatic carbocycles. The molecule has 0 atom stereocenters. The fourth-order valence-electron chi connectivity index (χ4n) is 2.50. The normalized spacial score (nSPS) is 10.8. The smallest absolute Gasteiger partial charge is 0.291 e. The number of hydrogen-bond acceptors (Lipinski definition) is 4. The minimum atomic E-state index is -0.467. The summed E-state index contributed by atoms with van der Waals surface area (Å²) in [5.74, 6) is 0.248. The number of nitro benzene ring substituents is 1. The Morgan fingerprint density at radius 3 is 2.57 bits per heavy atom. The Balaban J connectivity index is 2.39. The van der Waals surface area contributed by atoms with E-state index in [1.165, 1.54) is 16.7 Å². The third-order valence-corrected chi connectivity index (χ3v) is 3.70. The molecule has 0 aliphatic heterocycles. The fraction of sp³-hybridized carbons (Fsp3) is 0.125. The molecule has 0 saturated carbocycles. The van der Waals surface area contributed by atoms with Gasteiger partial charge >= 0.3 is 5.69 Å². The topological polar surface area (TPSA) is 78.0 Å². The van der Waals surface area contributed by atoms with Gasteiger partial charge in [0.25, 0.3) is 5.69 Å². The van der Waals surface area contributed by atoms with Crippen molar-refractivity contribution >= 4 is 28.2 Å². The van der Waals surface area contributed by atoms with Crippen LogP contribution in [-0.4, -0.2) is 20.4 Å². The van der Waals surface area contributed by atoms with Crippen molar-refractivity contribution in [2.45, 2.75) is 6.54 Å². The maximum Gasteiger partial charge on any atom is 0.348 e. The van der Waals surface area contributed by atoms with Gasteiger partial charge in [0.2, 0.25) is 0 Å². The van der Waals surface area contributed by atoms with Crippen molar-refractivity contribution < 1.29 is 4.92 Å². The highest BCUT2D eigenvalue weighted by Gasteiger charge is 2.15. The van der Waals surface area contributed by atoms with E-state index in [9.17, 15) is 14.9 Å². The molecule has 0 amide bonds. The highest BCUT2D eigenvalue weighted by molar-refractivity contribution is 6.17. The minimum absolute atomic E-state index is 0.0486. The van der Waals surface area contributed by atoms with Crippen molar-refractivity contribution in [3.05, 3.63) is 69.1 Å². The first-order valence-electron chi connectivity index (χ1n) is 6.92. The molecule has 6 nitrogen and oxygen atoms in total. The predicted octanol–water partition coefficient (Wildman–Crippen LogP) is 3.21. The third-order valence-electron chi connectivity index (χ3n) is 3.53. The lowest BCUT2D eigenvalue weighted by atomic mass is 10.1. The maximum absolute atomic E-state index is 12.3. The zero-order valence-corrected chi connectivity index (χ0v) is 12.7. The van der Waals surface area contributed by atoms with Crippen LogP contribution < -0.4 is 5.69 Å². The largest absolute Gasteiger partial charge is 0.348 e. The van der Waals surface area contributed by atoms with Gasteiger partial charge in [-0.2, -0.15) is 4.98 Å². The molecule has 1 aromatic heterocycles. The second-order valence-corrected chi connectivity index (χ2v) is 5.29. The number of nitrogens with zero attached hydrogens (tertiary/aromatic N) is 3. The first kappa shape index (κ1) is 15.2. The number of fused-ring (bicyclic) bond motifs is 1. The lowest BCUT2D eigenvalue weighted by Gasteiger charge is -2.11. The van der Waals surface area contributed by atoms with E-state index in [0.717, 1.165) is 5.56 Å². The molecule has 23 heavy (non-hydrogen) atoms. The number of benzene rings is 2. The van der Waals surface area contributed by atoms with E-state index >= 15 is 0 Å². The first-order chi connectivity index (χ1) is 11.1. The Morgan fingerprint density at radius 2 is 1.91 bits per heavy atom. The lowest BCUT2D eigenvalue weighted by molar-refractivity contribution is -0.384. The quantitative estimate of drug-likeness (QED) is 0.418. The molecule has 1 heterocycles. The van der Waals surface area contributed by atoms with E-state index in [0.29, 0.717) is 16.6 Å². The molecule has 0 N–H and O–H groups in total. The first-order valence-corrected chi connectivity index (χ1v) is 7.45. The van der Waals surface area contributed by atoms with Crippen LogP contribution in [-0.2, 0) is 6.54 Å². The average Bonchev–Trinajstić information content (AvgIpc) is 2.57. The molecule has 0 saturated heterocycles. The van der Waals surface area contributed by atoms with E-state index < -0.39 is 10.6 Å². The Labute approximate surface area is 136 Å². The summed E-state index contributed by atoms with van der Waals surface area (Å²) < 4.78 is 1.43. The van der Waals surface area contributed by atoms with Crippen LogP contribution in [0.3, 0.4) is 0 Å². The molecule has 2 aromatic carbocycles. The number of halogens is 1. The van der Waals surface area contributed by atoms with E-state index in [4.69, 9.17) is 11.6 Å². The number of aryl methyl sites for hydroxylation is 1. The highest BCUT2D eigenvalue weighted by Crippen LogP contribution is 2.28.